The molecule has 2 rings (SSSR count). The molecule has 1 aromatic carbocycles. The van der Waals surface area contributed by atoms with Crippen molar-refractivity contribution in [1.29, 1.82) is 0 Å². The average molecular weight is 375 g/mol. The van der Waals surface area contributed by atoms with Crippen molar-refractivity contribution in [2.24, 2.45) is 0 Å². The standard InChI is InChI=1S/C15H18BrClFN3/c1-3-8-19-14(10-6-5-7-12(18)13(10)16)15-11(17)9-20-21(15)4-2/h5-7,9,14,19H,3-4,8H2,1-2H3. The van der Waals surface area contributed by atoms with Gasteiger partial charge in [0.1, 0.15) is 5.82 Å². The first-order valence-corrected chi connectivity index (χ1v) is 8.15. The lowest BCUT2D eigenvalue weighted by atomic mass is 10.0. The van der Waals surface area contributed by atoms with Crippen molar-refractivity contribution in [3.8, 4) is 0 Å². The van der Waals surface area contributed by atoms with E-state index in [0.29, 0.717) is 16.0 Å². The van der Waals surface area contributed by atoms with Gasteiger partial charge in [-0.3, -0.25) is 4.68 Å². The van der Waals surface area contributed by atoms with Crippen LogP contribution < -0.4 is 5.32 Å². The fraction of sp³-hybridized carbons (Fsp3) is 0.400. The maximum absolute atomic E-state index is 13.9. The molecule has 0 amide bonds. The smallest absolute Gasteiger partial charge is 0.137 e. The van der Waals surface area contributed by atoms with Gasteiger partial charge in [-0.2, -0.15) is 5.10 Å². The molecule has 21 heavy (non-hydrogen) atoms. The number of halogens is 3. The lowest BCUT2D eigenvalue weighted by Crippen LogP contribution is -2.26. The topological polar surface area (TPSA) is 29.9 Å². The second-order valence-corrected chi connectivity index (χ2v) is 5.92. The zero-order valence-electron chi connectivity index (χ0n) is 12.0. The normalized spacial score (nSPS) is 12.6. The van der Waals surface area contributed by atoms with Gasteiger partial charge in [0.05, 0.1) is 27.4 Å². The van der Waals surface area contributed by atoms with Crippen molar-refractivity contribution >= 4 is 27.5 Å². The minimum Gasteiger partial charge on any atom is -0.305 e. The Morgan fingerprint density at radius 1 is 1.43 bits per heavy atom. The van der Waals surface area contributed by atoms with Crippen molar-refractivity contribution < 1.29 is 4.39 Å². The van der Waals surface area contributed by atoms with Gasteiger partial charge in [0.15, 0.2) is 0 Å². The van der Waals surface area contributed by atoms with E-state index in [9.17, 15) is 4.39 Å². The van der Waals surface area contributed by atoms with E-state index in [1.807, 2.05) is 17.7 Å². The van der Waals surface area contributed by atoms with Crippen molar-refractivity contribution in [2.45, 2.75) is 32.9 Å². The summed E-state index contributed by atoms with van der Waals surface area (Å²) in [7, 11) is 0. The lowest BCUT2D eigenvalue weighted by molar-refractivity contribution is 0.524. The van der Waals surface area contributed by atoms with Gasteiger partial charge in [0.2, 0.25) is 0 Å². The Morgan fingerprint density at radius 2 is 2.19 bits per heavy atom. The summed E-state index contributed by atoms with van der Waals surface area (Å²) in [5, 5.41) is 8.29. The molecule has 1 heterocycles. The Morgan fingerprint density at radius 3 is 2.86 bits per heavy atom. The molecular weight excluding hydrogens is 357 g/mol. The highest BCUT2D eigenvalue weighted by Gasteiger charge is 2.24. The maximum atomic E-state index is 13.9. The van der Waals surface area contributed by atoms with Crippen LogP contribution >= 0.6 is 27.5 Å². The van der Waals surface area contributed by atoms with Gasteiger partial charge in [0.25, 0.3) is 0 Å². The molecule has 0 aliphatic carbocycles. The summed E-state index contributed by atoms with van der Waals surface area (Å²) in [6.45, 7) is 5.60. The molecule has 0 fully saturated rings. The number of nitrogens with one attached hydrogen (secondary N) is 1. The van der Waals surface area contributed by atoms with Crippen molar-refractivity contribution in [3.63, 3.8) is 0 Å². The quantitative estimate of drug-likeness (QED) is 0.804. The molecule has 0 saturated carbocycles. The first-order chi connectivity index (χ1) is 10.1. The van der Waals surface area contributed by atoms with Crippen LogP contribution in [0.5, 0.6) is 0 Å². The van der Waals surface area contributed by atoms with Crippen LogP contribution in [0.4, 0.5) is 4.39 Å². The predicted octanol–water partition coefficient (Wildman–Crippen LogP) is 4.55. The molecule has 1 unspecified atom stereocenters. The van der Waals surface area contributed by atoms with E-state index in [0.717, 1.165) is 24.2 Å². The summed E-state index contributed by atoms with van der Waals surface area (Å²) < 4.78 is 16.2. The van der Waals surface area contributed by atoms with Gasteiger partial charge in [-0.1, -0.05) is 30.7 Å². The fourth-order valence-corrected chi connectivity index (χ4v) is 3.04. The summed E-state index contributed by atoms with van der Waals surface area (Å²) in [6.07, 6.45) is 2.61. The zero-order chi connectivity index (χ0) is 15.4. The Balaban J connectivity index is 2.52. The van der Waals surface area contributed by atoms with Crippen LogP contribution in [0, 0.1) is 5.82 Å². The Hall–Kier alpha value is -0.910. The minimum absolute atomic E-state index is 0.204. The Labute approximate surface area is 137 Å². The monoisotopic (exact) mass is 373 g/mol. The zero-order valence-corrected chi connectivity index (χ0v) is 14.4. The average Bonchev–Trinajstić information content (AvgIpc) is 2.85. The van der Waals surface area contributed by atoms with Crippen LogP contribution in [0.1, 0.15) is 37.6 Å². The summed E-state index contributed by atoms with van der Waals surface area (Å²) >= 11 is 9.65. The summed E-state index contributed by atoms with van der Waals surface area (Å²) in [6, 6.07) is 4.83. The highest BCUT2D eigenvalue weighted by atomic mass is 79.9. The molecule has 0 saturated heterocycles. The molecular formula is C15H18BrClFN3. The molecule has 114 valence electrons. The van der Waals surface area contributed by atoms with Gasteiger partial charge in [-0.15, -0.1) is 0 Å². The molecule has 1 N–H and O–H groups in total. The van der Waals surface area contributed by atoms with Crippen LogP contribution in [0.3, 0.4) is 0 Å². The number of hydrogen-bond acceptors (Lipinski definition) is 2. The van der Waals surface area contributed by atoms with E-state index in [2.05, 4.69) is 33.3 Å². The summed E-state index contributed by atoms with van der Waals surface area (Å²) in [5.74, 6) is -0.283. The maximum Gasteiger partial charge on any atom is 0.137 e. The van der Waals surface area contributed by atoms with Crippen LogP contribution in [-0.2, 0) is 6.54 Å². The fourth-order valence-electron chi connectivity index (χ4n) is 2.30. The van der Waals surface area contributed by atoms with E-state index in [4.69, 9.17) is 11.6 Å². The van der Waals surface area contributed by atoms with Gasteiger partial charge >= 0.3 is 0 Å². The van der Waals surface area contributed by atoms with Crippen molar-refractivity contribution in [1.82, 2.24) is 15.1 Å². The lowest BCUT2D eigenvalue weighted by Gasteiger charge is -2.22. The molecule has 0 bridgehead atoms. The van der Waals surface area contributed by atoms with Gasteiger partial charge in [0, 0.05) is 6.54 Å². The van der Waals surface area contributed by atoms with E-state index < -0.39 is 0 Å². The van der Waals surface area contributed by atoms with Crippen LogP contribution in [0.15, 0.2) is 28.9 Å². The molecule has 1 atom stereocenters. The molecule has 6 heteroatoms. The van der Waals surface area contributed by atoms with Gasteiger partial charge < -0.3 is 5.32 Å². The first kappa shape index (κ1) is 16.5. The highest BCUT2D eigenvalue weighted by Crippen LogP contribution is 2.33. The molecule has 3 nitrogen and oxygen atoms in total. The Bertz CT molecular complexity index is 615. The van der Waals surface area contributed by atoms with Crippen LogP contribution in [0.25, 0.3) is 0 Å². The first-order valence-electron chi connectivity index (χ1n) is 6.98. The van der Waals surface area contributed by atoms with Gasteiger partial charge in [-0.25, -0.2) is 4.39 Å². The summed E-state index contributed by atoms with van der Waals surface area (Å²) in [5.41, 5.74) is 1.68. The predicted molar refractivity (Wildman–Crippen MR) is 87.1 cm³/mol. The number of rotatable bonds is 6. The highest BCUT2D eigenvalue weighted by molar-refractivity contribution is 9.10. The second-order valence-electron chi connectivity index (χ2n) is 4.72. The molecule has 1 aromatic heterocycles. The second kappa shape index (κ2) is 7.38. The van der Waals surface area contributed by atoms with Crippen LogP contribution in [0.2, 0.25) is 5.02 Å². The molecule has 0 aliphatic rings. The number of aromatic nitrogens is 2. The van der Waals surface area contributed by atoms with E-state index >= 15 is 0 Å². The largest absolute Gasteiger partial charge is 0.305 e. The van der Waals surface area contributed by atoms with Crippen molar-refractivity contribution in [3.05, 3.63) is 51.0 Å². The van der Waals surface area contributed by atoms with E-state index in [-0.39, 0.29) is 11.9 Å². The van der Waals surface area contributed by atoms with Gasteiger partial charge in [-0.05, 0) is 47.4 Å². The molecule has 0 radical (unpaired) electrons. The van der Waals surface area contributed by atoms with Crippen molar-refractivity contribution in [2.75, 3.05) is 6.54 Å². The third-order valence-corrected chi connectivity index (χ3v) is 4.42. The minimum atomic E-state index is -0.283. The summed E-state index contributed by atoms with van der Waals surface area (Å²) in [4.78, 5) is 0. The third kappa shape index (κ3) is 3.47. The molecule has 2 aromatic rings. The SMILES string of the molecule is CCCNC(c1cccc(F)c1Br)c1c(Cl)cnn1CC. The number of hydrogen-bond donors (Lipinski definition) is 1. The van der Waals surface area contributed by atoms with E-state index in [1.165, 1.54) is 6.07 Å². The number of aryl methyl sites for hydroxylation is 1. The van der Waals surface area contributed by atoms with Crippen LogP contribution in [-0.4, -0.2) is 16.3 Å². The van der Waals surface area contributed by atoms with E-state index in [1.54, 1.807) is 12.3 Å². The third-order valence-electron chi connectivity index (χ3n) is 3.30. The number of benzene rings is 1. The Kier molecular flexibility index (Phi) is 5.79. The molecule has 0 spiro atoms. The molecule has 0 aliphatic heterocycles. The number of nitrogens with zero attached hydrogens (tertiary/aromatic N) is 2.